The van der Waals surface area contributed by atoms with E-state index >= 15 is 0 Å². The lowest BCUT2D eigenvalue weighted by atomic mass is 10.1. The van der Waals surface area contributed by atoms with E-state index in [1.807, 2.05) is 31.2 Å². The summed E-state index contributed by atoms with van der Waals surface area (Å²) in [6, 6.07) is 11.4. The van der Waals surface area contributed by atoms with Crippen molar-refractivity contribution in [1.82, 2.24) is 20.2 Å². The van der Waals surface area contributed by atoms with Gasteiger partial charge >= 0.3 is 0 Å². The summed E-state index contributed by atoms with van der Waals surface area (Å²) in [6.45, 7) is 5.32. The summed E-state index contributed by atoms with van der Waals surface area (Å²) in [5.41, 5.74) is 3.88. The summed E-state index contributed by atoms with van der Waals surface area (Å²) in [5.74, 6) is 1.37. The van der Waals surface area contributed by atoms with Crippen molar-refractivity contribution in [3.05, 3.63) is 47.5 Å². The number of nitrogens with one attached hydrogen (secondary N) is 1. The fraction of sp³-hybridized carbons (Fsp3) is 0.300. The van der Waals surface area contributed by atoms with Crippen molar-refractivity contribution in [2.75, 3.05) is 24.3 Å². The van der Waals surface area contributed by atoms with E-state index in [0.29, 0.717) is 35.6 Å². The van der Waals surface area contributed by atoms with E-state index in [9.17, 15) is 4.79 Å². The van der Waals surface area contributed by atoms with E-state index in [2.05, 4.69) is 27.8 Å². The van der Waals surface area contributed by atoms with Crippen LogP contribution >= 0.6 is 11.8 Å². The number of amides is 1. The van der Waals surface area contributed by atoms with Crippen LogP contribution in [0, 0.1) is 13.8 Å². The number of benzene rings is 2. The Balaban J connectivity index is 1.40. The summed E-state index contributed by atoms with van der Waals surface area (Å²) >= 11 is 1.28. The third-order valence-corrected chi connectivity index (χ3v) is 5.46. The predicted molar refractivity (Wildman–Crippen MR) is 110 cm³/mol. The molecule has 29 heavy (non-hydrogen) atoms. The highest BCUT2D eigenvalue weighted by Gasteiger charge is 2.14. The Morgan fingerprint density at radius 1 is 1.10 bits per heavy atom. The van der Waals surface area contributed by atoms with Crippen molar-refractivity contribution >= 4 is 23.4 Å². The van der Waals surface area contributed by atoms with E-state index in [1.54, 1.807) is 16.8 Å². The van der Waals surface area contributed by atoms with Gasteiger partial charge < -0.3 is 14.8 Å². The number of fused-ring (bicyclic) bond motifs is 1. The lowest BCUT2D eigenvalue weighted by Gasteiger charge is -2.10. The minimum absolute atomic E-state index is 0.154. The van der Waals surface area contributed by atoms with Gasteiger partial charge in [-0.3, -0.25) is 4.79 Å². The number of rotatable bonds is 5. The Morgan fingerprint density at radius 3 is 2.76 bits per heavy atom. The first-order valence-electron chi connectivity index (χ1n) is 9.28. The molecule has 0 spiro atoms. The molecule has 8 nitrogen and oxygen atoms in total. The van der Waals surface area contributed by atoms with E-state index in [1.165, 1.54) is 17.3 Å². The number of carbonyl (C=O) groups excluding carboxylic acids is 1. The van der Waals surface area contributed by atoms with Gasteiger partial charge in [0.15, 0.2) is 11.5 Å². The van der Waals surface area contributed by atoms with E-state index in [-0.39, 0.29) is 11.7 Å². The minimum atomic E-state index is -0.154. The molecule has 0 aliphatic carbocycles. The third-order valence-electron chi connectivity index (χ3n) is 4.54. The van der Waals surface area contributed by atoms with Crippen LogP contribution in [0.4, 0.5) is 5.69 Å². The molecule has 0 bridgehead atoms. The van der Waals surface area contributed by atoms with Gasteiger partial charge in [0.1, 0.15) is 0 Å². The van der Waals surface area contributed by atoms with Gasteiger partial charge in [0, 0.05) is 18.2 Å². The van der Waals surface area contributed by atoms with Crippen LogP contribution in [0.5, 0.6) is 11.5 Å². The molecule has 150 valence electrons. The summed E-state index contributed by atoms with van der Waals surface area (Å²) in [7, 11) is 0. The Morgan fingerprint density at radius 2 is 1.93 bits per heavy atom. The molecule has 1 N–H and O–H groups in total. The first-order chi connectivity index (χ1) is 14.1. The first-order valence-corrected chi connectivity index (χ1v) is 10.3. The van der Waals surface area contributed by atoms with E-state index in [4.69, 9.17) is 9.47 Å². The number of ether oxygens (including phenoxy) is 2. The molecule has 1 aliphatic heterocycles. The van der Waals surface area contributed by atoms with Crippen LogP contribution in [0.15, 0.2) is 41.6 Å². The number of nitrogens with zero attached hydrogens (tertiary/aromatic N) is 4. The molecule has 2 heterocycles. The molecule has 1 amide bonds. The molecule has 0 atom stereocenters. The predicted octanol–water partition coefficient (Wildman–Crippen LogP) is 3.17. The number of anilines is 1. The van der Waals surface area contributed by atoms with Crippen molar-refractivity contribution in [3.63, 3.8) is 0 Å². The lowest BCUT2D eigenvalue weighted by molar-refractivity contribution is -0.113. The second kappa shape index (κ2) is 8.52. The van der Waals surface area contributed by atoms with E-state index in [0.717, 1.165) is 17.7 Å². The van der Waals surface area contributed by atoms with Crippen molar-refractivity contribution < 1.29 is 14.3 Å². The third kappa shape index (κ3) is 4.51. The maximum Gasteiger partial charge on any atom is 0.234 e. The van der Waals surface area contributed by atoms with Gasteiger partial charge in [0.05, 0.1) is 24.7 Å². The van der Waals surface area contributed by atoms with Gasteiger partial charge in [-0.2, -0.15) is 4.68 Å². The topological polar surface area (TPSA) is 91.2 Å². The highest BCUT2D eigenvalue weighted by atomic mass is 32.2. The molecule has 9 heteroatoms. The normalized spacial score (nSPS) is 13.0. The smallest absolute Gasteiger partial charge is 0.234 e. The first kappa shape index (κ1) is 19.3. The number of hydrogen-bond donors (Lipinski definition) is 1. The quantitative estimate of drug-likeness (QED) is 0.645. The van der Waals surface area contributed by atoms with Crippen molar-refractivity contribution in [3.8, 4) is 17.2 Å². The van der Waals surface area contributed by atoms with Crippen LogP contribution in [0.1, 0.15) is 17.5 Å². The largest absolute Gasteiger partial charge is 0.490 e. The number of carbonyl (C=O) groups is 1. The Hall–Kier alpha value is -3.07. The monoisotopic (exact) mass is 411 g/mol. The van der Waals surface area contributed by atoms with Crippen molar-refractivity contribution in [1.29, 1.82) is 0 Å². The zero-order valence-electron chi connectivity index (χ0n) is 16.2. The fourth-order valence-corrected chi connectivity index (χ4v) is 3.55. The van der Waals surface area contributed by atoms with Crippen LogP contribution < -0.4 is 14.8 Å². The summed E-state index contributed by atoms with van der Waals surface area (Å²) in [4.78, 5) is 12.4. The Bertz CT molecular complexity index is 1040. The SMILES string of the molecule is Cc1ccc(-n2nnnc2SCC(=O)Nc2ccc3c(c2)OCCCO3)cc1C. The minimum Gasteiger partial charge on any atom is -0.490 e. The molecule has 0 radical (unpaired) electrons. The summed E-state index contributed by atoms with van der Waals surface area (Å²) in [5, 5.41) is 15.3. The Kier molecular flexibility index (Phi) is 5.66. The molecule has 2 aromatic carbocycles. The number of tetrazole rings is 1. The lowest BCUT2D eigenvalue weighted by Crippen LogP contribution is -2.14. The van der Waals surface area contributed by atoms with Gasteiger partial charge in [0.25, 0.3) is 0 Å². The Labute approximate surface area is 172 Å². The maximum absolute atomic E-state index is 12.4. The molecular weight excluding hydrogens is 390 g/mol. The van der Waals surface area contributed by atoms with Crippen molar-refractivity contribution in [2.24, 2.45) is 0 Å². The molecule has 0 unspecified atom stereocenters. The average molecular weight is 411 g/mol. The molecule has 0 fully saturated rings. The van der Waals surface area contributed by atoms with Crippen LogP contribution in [0.2, 0.25) is 0 Å². The zero-order valence-corrected chi connectivity index (χ0v) is 17.0. The van der Waals surface area contributed by atoms with Gasteiger partial charge in [0.2, 0.25) is 11.1 Å². The zero-order chi connectivity index (χ0) is 20.2. The summed E-state index contributed by atoms with van der Waals surface area (Å²) in [6.07, 6.45) is 0.836. The second-order valence-corrected chi connectivity index (χ2v) is 7.63. The molecular formula is C20H21N5O3S. The van der Waals surface area contributed by atoms with Gasteiger partial charge in [-0.25, -0.2) is 0 Å². The number of thioether (sulfide) groups is 1. The van der Waals surface area contributed by atoms with Gasteiger partial charge in [-0.15, -0.1) is 5.10 Å². The number of aryl methyl sites for hydroxylation is 2. The molecule has 0 saturated heterocycles. The molecule has 0 saturated carbocycles. The van der Waals surface area contributed by atoms with Crippen LogP contribution in [0.3, 0.4) is 0 Å². The van der Waals surface area contributed by atoms with Crippen LogP contribution in [0.25, 0.3) is 5.69 Å². The van der Waals surface area contributed by atoms with Crippen LogP contribution in [-0.2, 0) is 4.79 Å². The molecule has 4 rings (SSSR count). The van der Waals surface area contributed by atoms with E-state index < -0.39 is 0 Å². The average Bonchev–Trinajstić information content (AvgIpc) is 3.06. The number of aromatic nitrogens is 4. The van der Waals surface area contributed by atoms with Crippen LogP contribution in [-0.4, -0.2) is 45.1 Å². The van der Waals surface area contributed by atoms with Gasteiger partial charge in [-0.05, 0) is 59.7 Å². The molecule has 1 aliphatic rings. The highest BCUT2D eigenvalue weighted by Crippen LogP contribution is 2.32. The van der Waals surface area contributed by atoms with Crippen molar-refractivity contribution in [2.45, 2.75) is 25.4 Å². The standard InChI is InChI=1S/C20H21N5O3S/c1-13-4-6-16(10-14(13)2)25-20(22-23-24-25)29-12-19(26)21-15-5-7-17-18(11-15)28-9-3-8-27-17/h4-7,10-11H,3,8-9,12H2,1-2H3,(H,21,26). The van der Waals surface area contributed by atoms with Gasteiger partial charge in [-0.1, -0.05) is 17.8 Å². The molecule has 3 aromatic rings. The fourth-order valence-electron chi connectivity index (χ4n) is 2.86. The number of hydrogen-bond acceptors (Lipinski definition) is 7. The summed E-state index contributed by atoms with van der Waals surface area (Å²) < 4.78 is 12.9. The second-order valence-electron chi connectivity index (χ2n) is 6.69. The molecule has 1 aromatic heterocycles. The maximum atomic E-state index is 12.4. The highest BCUT2D eigenvalue weighted by molar-refractivity contribution is 7.99.